The molecule has 2 heterocycles. The topological polar surface area (TPSA) is 81.9 Å². The number of imidazole rings is 1. The number of hydrogen-bond donors (Lipinski definition) is 1. The third kappa shape index (κ3) is 3.82. The zero-order valence-electron chi connectivity index (χ0n) is 16.1. The summed E-state index contributed by atoms with van der Waals surface area (Å²) in [4.78, 5) is 23.5. The number of methoxy groups -OCH3 is 1. The third-order valence-electron chi connectivity index (χ3n) is 4.41. The van der Waals surface area contributed by atoms with Gasteiger partial charge in [-0.1, -0.05) is 6.07 Å². The van der Waals surface area contributed by atoms with E-state index in [0.29, 0.717) is 5.75 Å². The fourth-order valence-corrected chi connectivity index (χ4v) is 3.00. The average molecular weight is 449 g/mol. The second-order valence-electron chi connectivity index (χ2n) is 6.43. The van der Waals surface area contributed by atoms with Crippen molar-refractivity contribution >= 4 is 22.8 Å². The van der Waals surface area contributed by atoms with Gasteiger partial charge in [-0.25, -0.2) is 23.7 Å². The lowest BCUT2D eigenvalue weighted by Gasteiger charge is -2.11. The molecule has 32 heavy (non-hydrogen) atoms. The summed E-state index contributed by atoms with van der Waals surface area (Å²) in [5.74, 6) is -4.66. The second kappa shape index (κ2) is 7.87. The van der Waals surface area contributed by atoms with Crippen LogP contribution in [0.5, 0.6) is 5.75 Å². The number of hydrogen-bond acceptors (Lipinski definition) is 5. The molecular weight excluding hydrogens is 437 g/mol. The quantitative estimate of drug-likeness (QED) is 0.468. The molecule has 0 spiro atoms. The maximum atomic E-state index is 13.7. The van der Waals surface area contributed by atoms with E-state index in [1.807, 2.05) is 0 Å². The van der Waals surface area contributed by atoms with Crippen molar-refractivity contribution in [1.82, 2.24) is 19.5 Å². The highest BCUT2D eigenvalue weighted by atomic mass is 19.4. The molecule has 0 saturated heterocycles. The summed E-state index contributed by atoms with van der Waals surface area (Å²) in [5.41, 5.74) is -0.712. The van der Waals surface area contributed by atoms with Gasteiger partial charge < -0.3 is 10.1 Å². The van der Waals surface area contributed by atoms with Crippen molar-refractivity contribution < 1.29 is 31.5 Å². The first-order valence-electron chi connectivity index (χ1n) is 8.90. The molecule has 4 aromatic rings. The average Bonchev–Trinajstić information content (AvgIpc) is 3.13. The van der Waals surface area contributed by atoms with E-state index in [-0.39, 0.29) is 22.7 Å². The van der Waals surface area contributed by atoms with Gasteiger partial charge in [-0.15, -0.1) is 0 Å². The number of nitrogens with zero attached hydrogens (tertiary/aromatic N) is 4. The molecule has 2 aromatic carbocycles. The third-order valence-corrected chi connectivity index (χ3v) is 4.41. The largest absolute Gasteiger partial charge is 0.497 e. The molecule has 12 heteroatoms. The van der Waals surface area contributed by atoms with Crippen LogP contribution in [0.1, 0.15) is 16.2 Å². The van der Waals surface area contributed by atoms with E-state index in [2.05, 4.69) is 20.3 Å². The first-order valence-corrected chi connectivity index (χ1v) is 8.90. The minimum atomic E-state index is -4.80. The Morgan fingerprint density at radius 2 is 1.78 bits per heavy atom. The Morgan fingerprint density at radius 3 is 2.38 bits per heavy atom. The predicted octanol–water partition coefficient (Wildman–Crippen LogP) is 4.37. The lowest BCUT2D eigenvalue weighted by atomic mass is 10.2. The van der Waals surface area contributed by atoms with Gasteiger partial charge in [0.15, 0.2) is 11.6 Å². The summed E-state index contributed by atoms with van der Waals surface area (Å²) in [5, 5.41) is 2.15. The van der Waals surface area contributed by atoms with Crippen molar-refractivity contribution in [3.05, 3.63) is 71.8 Å². The SMILES string of the molecule is COc1ccc2c(c1)nc(C(F)(F)F)n2-c1cnc(NC(=O)c2c(F)cccc2F)cn1. The summed E-state index contributed by atoms with van der Waals surface area (Å²) >= 11 is 0. The number of ether oxygens (including phenoxy) is 1. The maximum Gasteiger partial charge on any atom is 0.450 e. The number of rotatable bonds is 4. The van der Waals surface area contributed by atoms with Gasteiger partial charge in [-0.05, 0) is 24.3 Å². The van der Waals surface area contributed by atoms with Gasteiger partial charge in [0, 0.05) is 6.07 Å². The molecule has 7 nitrogen and oxygen atoms in total. The van der Waals surface area contributed by atoms with E-state index in [9.17, 15) is 26.7 Å². The lowest BCUT2D eigenvalue weighted by Crippen LogP contribution is -2.18. The summed E-state index contributed by atoms with van der Waals surface area (Å²) in [7, 11) is 1.37. The Morgan fingerprint density at radius 1 is 1.06 bits per heavy atom. The van der Waals surface area contributed by atoms with Crippen LogP contribution in [0.4, 0.5) is 27.8 Å². The van der Waals surface area contributed by atoms with Crippen molar-refractivity contribution in [2.24, 2.45) is 0 Å². The van der Waals surface area contributed by atoms with Crippen molar-refractivity contribution in [3.63, 3.8) is 0 Å². The minimum absolute atomic E-state index is 0.0193. The van der Waals surface area contributed by atoms with E-state index in [4.69, 9.17) is 4.74 Å². The summed E-state index contributed by atoms with van der Waals surface area (Å²) < 4.78 is 74.0. The molecule has 1 N–H and O–H groups in total. The van der Waals surface area contributed by atoms with Crippen molar-refractivity contribution in [2.75, 3.05) is 12.4 Å². The number of anilines is 1. The van der Waals surface area contributed by atoms with E-state index >= 15 is 0 Å². The number of amides is 1. The van der Waals surface area contributed by atoms with Crippen LogP contribution in [0.3, 0.4) is 0 Å². The highest BCUT2D eigenvalue weighted by Gasteiger charge is 2.38. The molecule has 0 fully saturated rings. The van der Waals surface area contributed by atoms with Gasteiger partial charge in [-0.2, -0.15) is 13.2 Å². The Balaban J connectivity index is 1.71. The molecule has 0 unspecified atom stereocenters. The first-order chi connectivity index (χ1) is 15.2. The number of alkyl halides is 3. The summed E-state index contributed by atoms with van der Waals surface area (Å²) in [6.45, 7) is 0. The van der Waals surface area contributed by atoms with E-state index in [1.165, 1.54) is 25.3 Å². The standard InChI is InChI=1S/C20H12F5N5O2/c1-32-10-5-6-14-13(7-10)28-19(20(23,24)25)30(14)16-9-26-15(8-27-16)29-18(31)17-11(21)3-2-4-12(17)22/h2-9H,1H3,(H,26,29,31). The number of carbonyl (C=O) groups excluding carboxylic acids is 1. The van der Waals surface area contributed by atoms with Crippen LogP contribution >= 0.6 is 0 Å². The van der Waals surface area contributed by atoms with Crippen molar-refractivity contribution in [3.8, 4) is 11.6 Å². The number of aromatic nitrogens is 4. The smallest absolute Gasteiger partial charge is 0.450 e. The number of benzene rings is 2. The van der Waals surface area contributed by atoms with Crippen LogP contribution in [-0.2, 0) is 6.18 Å². The number of nitrogens with one attached hydrogen (secondary N) is 1. The Bertz CT molecular complexity index is 1300. The van der Waals surface area contributed by atoms with Crippen LogP contribution in [-0.4, -0.2) is 32.5 Å². The van der Waals surface area contributed by atoms with Crippen molar-refractivity contribution in [2.45, 2.75) is 6.18 Å². The van der Waals surface area contributed by atoms with Gasteiger partial charge in [-0.3, -0.25) is 9.36 Å². The zero-order valence-corrected chi connectivity index (χ0v) is 16.1. The van der Waals surface area contributed by atoms with Crippen LogP contribution in [0.25, 0.3) is 16.9 Å². The molecule has 0 atom stereocenters. The Hall–Kier alpha value is -4.09. The molecule has 164 valence electrons. The zero-order chi connectivity index (χ0) is 23.0. The van der Waals surface area contributed by atoms with Gasteiger partial charge in [0.2, 0.25) is 5.82 Å². The molecule has 0 saturated carbocycles. The highest BCUT2D eigenvalue weighted by molar-refractivity contribution is 6.04. The minimum Gasteiger partial charge on any atom is -0.497 e. The number of halogens is 5. The molecule has 0 radical (unpaired) electrons. The van der Waals surface area contributed by atoms with Crippen LogP contribution < -0.4 is 10.1 Å². The van der Waals surface area contributed by atoms with E-state index < -0.39 is 35.1 Å². The van der Waals surface area contributed by atoms with E-state index in [0.717, 1.165) is 35.2 Å². The molecule has 0 aliphatic rings. The monoisotopic (exact) mass is 449 g/mol. The maximum absolute atomic E-state index is 13.7. The first kappa shape index (κ1) is 21.2. The number of fused-ring (bicyclic) bond motifs is 1. The van der Waals surface area contributed by atoms with Gasteiger partial charge in [0.1, 0.15) is 22.9 Å². The molecule has 0 aliphatic carbocycles. The van der Waals surface area contributed by atoms with Crippen molar-refractivity contribution in [1.29, 1.82) is 0 Å². The molecule has 4 rings (SSSR count). The van der Waals surface area contributed by atoms with E-state index in [1.54, 1.807) is 0 Å². The van der Waals surface area contributed by atoms with Gasteiger partial charge in [0.05, 0.1) is 30.5 Å². The summed E-state index contributed by atoms with van der Waals surface area (Å²) in [6.07, 6.45) is -2.88. The second-order valence-corrected chi connectivity index (χ2v) is 6.43. The number of carbonyl (C=O) groups is 1. The fraction of sp³-hybridized carbons (Fsp3) is 0.100. The fourth-order valence-electron chi connectivity index (χ4n) is 3.00. The molecular formula is C20H12F5N5O2. The Labute approximate surface area is 176 Å². The van der Waals surface area contributed by atoms with Gasteiger partial charge in [0.25, 0.3) is 5.91 Å². The Kier molecular flexibility index (Phi) is 5.20. The predicted molar refractivity (Wildman–Crippen MR) is 103 cm³/mol. The van der Waals surface area contributed by atoms with Crippen LogP contribution in [0.15, 0.2) is 48.8 Å². The van der Waals surface area contributed by atoms with Gasteiger partial charge >= 0.3 is 6.18 Å². The highest BCUT2D eigenvalue weighted by Crippen LogP contribution is 2.34. The molecule has 0 bridgehead atoms. The normalized spacial score (nSPS) is 11.6. The lowest BCUT2D eigenvalue weighted by molar-refractivity contribution is -0.145. The molecule has 0 aliphatic heterocycles. The van der Waals surface area contributed by atoms with Crippen LogP contribution in [0.2, 0.25) is 0 Å². The van der Waals surface area contributed by atoms with Crippen LogP contribution in [0, 0.1) is 11.6 Å². The summed E-state index contributed by atoms with van der Waals surface area (Å²) in [6, 6.07) is 7.10. The molecule has 1 amide bonds. The molecule has 2 aromatic heterocycles.